The lowest BCUT2D eigenvalue weighted by Gasteiger charge is -2.32. The minimum atomic E-state index is -0.491. The Balaban J connectivity index is 0.00000137. The van der Waals surface area contributed by atoms with E-state index in [1.54, 1.807) is 12.9 Å². The molecule has 1 fully saturated rings. The number of hydrogen-bond donors (Lipinski definition) is 0. The number of hydrogen-bond acceptors (Lipinski definition) is 4. The standard InChI is InChI=1S/C11H19BO4.C2H6/c1-6-14-9(13)7-8-12-15-10(2,3)11(4,5)16-12;1-2/h7-8H,6H2,1-5H3;1-2H3/b8-7+;. The summed E-state index contributed by atoms with van der Waals surface area (Å²) in [6, 6.07) is 0. The number of carbonyl (C=O) groups excluding carboxylic acids is 1. The average molecular weight is 256 g/mol. The van der Waals surface area contributed by atoms with Crippen molar-refractivity contribution in [3.63, 3.8) is 0 Å². The Morgan fingerprint density at radius 1 is 1.17 bits per heavy atom. The van der Waals surface area contributed by atoms with Crippen molar-refractivity contribution in [3.05, 3.63) is 12.1 Å². The van der Waals surface area contributed by atoms with Gasteiger partial charge >= 0.3 is 13.1 Å². The van der Waals surface area contributed by atoms with Crippen LogP contribution in [-0.4, -0.2) is 30.9 Å². The molecule has 0 aliphatic carbocycles. The first kappa shape index (κ1) is 17.2. The van der Waals surface area contributed by atoms with Crippen molar-refractivity contribution in [1.29, 1.82) is 0 Å². The van der Waals surface area contributed by atoms with E-state index in [4.69, 9.17) is 14.0 Å². The summed E-state index contributed by atoms with van der Waals surface area (Å²) in [6.45, 7) is 14.0. The molecule has 104 valence electrons. The topological polar surface area (TPSA) is 44.8 Å². The summed E-state index contributed by atoms with van der Waals surface area (Å²) in [6.07, 6.45) is 1.34. The van der Waals surface area contributed by atoms with Crippen LogP contribution >= 0.6 is 0 Å². The highest BCUT2D eigenvalue weighted by atomic mass is 16.7. The lowest BCUT2D eigenvalue weighted by molar-refractivity contribution is -0.137. The Labute approximate surface area is 111 Å². The molecule has 0 saturated carbocycles. The van der Waals surface area contributed by atoms with Crippen LogP contribution in [0.15, 0.2) is 12.1 Å². The predicted octanol–water partition coefficient (Wildman–Crippen LogP) is 2.76. The molecule has 0 bridgehead atoms. The molecule has 1 rings (SSSR count). The Morgan fingerprint density at radius 2 is 1.61 bits per heavy atom. The summed E-state index contributed by atoms with van der Waals surface area (Å²) in [5.74, 6) is 1.20. The van der Waals surface area contributed by atoms with Crippen molar-refractivity contribution in [3.8, 4) is 0 Å². The monoisotopic (exact) mass is 256 g/mol. The number of carbonyl (C=O) groups is 1. The molecule has 18 heavy (non-hydrogen) atoms. The van der Waals surface area contributed by atoms with Gasteiger partial charge in [-0.05, 0) is 40.6 Å². The molecule has 0 spiro atoms. The molecule has 1 aliphatic rings. The van der Waals surface area contributed by atoms with Crippen molar-refractivity contribution in [1.82, 2.24) is 0 Å². The summed E-state index contributed by atoms with van der Waals surface area (Å²) < 4.78 is 16.1. The van der Waals surface area contributed by atoms with E-state index >= 15 is 0 Å². The van der Waals surface area contributed by atoms with Crippen LogP contribution in [0.25, 0.3) is 0 Å². The molecule has 5 heteroatoms. The smallest absolute Gasteiger partial charge is 0.463 e. The minimum Gasteiger partial charge on any atom is -0.463 e. The molecule has 0 unspecified atom stereocenters. The van der Waals surface area contributed by atoms with Gasteiger partial charge in [0.1, 0.15) is 0 Å². The lowest BCUT2D eigenvalue weighted by atomic mass is 9.90. The average Bonchev–Trinajstić information content (AvgIpc) is 2.48. The summed E-state index contributed by atoms with van der Waals surface area (Å²) in [5.41, 5.74) is -0.757. The molecule has 1 saturated heterocycles. The SMILES string of the molecule is CC.CCOC(=O)/C=C/B1OC(C)(C)C(C)(C)O1. The van der Waals surface area contributed by atoms with E-state index in [0.717, 1.165) is 0 Å². The van der Waals surface area contributed by atoms with E-state index in [1.165, 1.54) is 6.08 Å². The van der Waals surface area contributed by atoms with Gasteiger partial charge in [0.15, 0.2) is 0 Å². The molecule has 0 N–H and O–H groups in total. The second kappa shape index (κ2) is 6.95. The highest BCUT2D eigenvalue weighted by Gasteiger charge is 2.50. The molecule has 0 aromatic heterocycles. The Bertz CT molecular complexity index is 281. The first-order valence-electron chi connectivity index (χ1n) is 6.49. The van der Waals surface area contributed by atoms with Gasteiger partial charge in [-0.25, -0.2) is 4.79 Å². The molecule has 0 aromatic rings. The van der Waals surface area contributed by atoms with Crippen molar-refractivity contribution in [2.75, 3.05) is 6.61 Å². The van der Waals surface area contributed by atoms with E-state index in [2.05, 4.69) is 0 Å². The van der Waals surface area contributed by atoms with Gasteiger partial charge in [0.2, 0.25) is 0 Å². The molecule has 0 aromatic carbocycles. The second-order valence-electron chi connectivity index (χ2n) is 4.74. The Hall–Kier alpha value is -0.805. The highest BCUT2D eigenvalue weighted by molar-refractivity contribution is 6.52. The third kappa shape index (κ3) is 4.46. The van der Waals surface area contributed by atoms with Gasteiger partial charge in [-0.15, -0.1) is 0 Å². The van der Waals surface area contributed by atoms with E-state index in [1.807, 2.05) is 41.5 Å². The lowest BCUT2D eigenvalue weighted by Crippen LogP contribution is -2.41. The molecule has 4 nitrogen and oxygen atoms in total. The quantitative estimate of drug-likeness (QED) is 0.442. The predicted molar refractivity (Wildman–Crippen MR) is 73.2 cm³/mol. The van der Waals surface area contributed by atoms with Gasteiger partial charge in [0, 0.05) is 6.08 Å². The molecular weight excluding hydrogens is 231 g/mol. The zero-order valence-corrected chi connectivity index (χ0v) is 12.6. The number of ether oxygens (including phenoxy) is 1. The summed E-state index contributed by atoms with van der Waals surface area (Å²) in [5, 5.41) is 0. The molecule has 1 heterocycles. The van der Waals surface area contributed by atoms with Gasteiger partial charge in [-0.1, -0.05) is 13.8 Å². The normalized spacial score (nSPS) is 20.5. The first-order valence-corrected chi connectivity index (χ1v) is 6.49. The largest absolute Gasteiger partial charge is 0.487 e. The maximum atomic E-state index is 11.1. The van der Waals surface area contributed by atoms with E-state index in [9.17, 15) is 4.79 Å². The summed E-state index contributed by atoms with van der Waals surface area (Å²) in [4.78, 5) is 11.1. The van der Waals surface area contributed by atoms with E-state index in [0.29, 0.717) is 6.61 Å². The van der Waals surface area contributed by atoms with Gasteiger partial charge in [-0.3, -0.25) is 0 Å². The van der Waals surface area contributed by atoms with Crippen molar-refractivity contribution >= 4 is 13.1 Å². The fourth-order valence-corrected chi connectivity index (χ4v) is 1.31. The highest BCUT2D eigenvalue weighted by Crippen LogP contribution is 2.36. The van der Waals surface area contributed by atoms with Crippen LogP contribution < -0.4 is 0 Å². The van der Waals surface area contributed by atoms with E-state index in [-0.39, 0.29) is 17.2 Å². The summed E-state index contributed by atoms with van der Waals surface area (Å²) in [7, 11) is -0.491. The van der Waals surface area contributed by atoms with Crippen molar-refractivity contribution in [2.45, 2.75) is 59.7 Å². The molecule has 0 amide bonds. The van der Waals surface area contributed by atoms with Gasteiger partial charge in [0.25, 0.3) is 0 Å². The van der Waals surface area contributed by atoms with E-state index < -0.39 is 7.12 Å². The number of rotatable bonds is 3. The second-order valence-corrected chi connectivity index (χ2v) is 4.74. The maximum Gasteiger partial charge on any atom is 0.487 e. The van der Waals surface area contributed by atoms with Crippen molar-refractivity contribution in [2.24, 2.45) is 0 Å². The minimum absolute atomic E-state index is 0.368. The van der Waals surface area contributed by atoms with Gasteiger partial charge in [0.05, 0.1) is 17.8 Å². The zero-order chi connectivity index (χ0) is 14.4. The van der Waals surface area contributed by atoms with Crippen LogP contribution in [0.2, 0.25) is 0 Å². The maximum absolute atomic E-state index is 11.1. The van der Waals surface area contributed by atoms with Crippen LogP contribution in [-0.2, 0) is 18.8 Å². The number of esters is 1. The van der Waals surface area contributed by atoms with Gasteiger partial charge < -0.3 is 14.0 Å². The van der Waals surface area contributed by atoms with Crippen LogP contribution in [0, 0.1) is 0 Å². The van der Waals surface area contributed by atoms with Gasteiger partial charge in [-0.2, -0.15) is 0 Å². The first-order chi connectivity index (χ1) is 8.28. The van der Waals surface area contributed by atoms with Crippen LogP contribution in [0.3, 0.4) is 0 Å². The Kier molecular flexibility index (Phi) is 6.64. The van der Waals surface area contributed by atoms with Crippen LogP contribution in [0.4, 0.5) is 0 Å². The van der Waals surface area contributed by atoms with Crippen LogP contribution in [0.5, 0.6) is 0 Å². The van der Waals surface area contributed by atoms with Crippen molar-refractivity contribution < 1.29 is 18.8 Å². The summed E-state index contributed by atoms with van der Waals surface area (Å²) >= 11 is 0. The molecule has 0 radical (unpaired) electrons. The fourth-order valence-electron chi connectivity index (χ4n) is 1.31. The Morgan fingerprint density at radius 3 is 2.00 bits per heavy atom. The van der Waals surface area contributed by atoms with Crippen LogP contribution in [0.1, 0.15) is 48.5 Å². The third-order valence-corrected chi connectivity index (χ3v) is 2.95. The molecular formula is C13H25BO4. The third-order valence-electron chi connectivity index (χ3n) is 2.95. The molecule has 0 atom stereocenters. The fraction of sp³-hybridized carbons (Fsp3) is 0.769. The zero-order valence-electron chi connectivity index (χ0n) is 12.6. The molecule has 1 aliphatic heterocycles.